The van der Waals surface area contributed by atoms with Crippen molar-refractivity contribution >= 4 is 21.8 Å². The van der Waals surface area contributed by atoms with Crippen molar-refractivity contribution in [3.8, 4) is 11.5 Å². The number of carbonyl (C=O) groups excluding carboxylic acids is 1. The summed E-state index contributed by atoms with van der Waals surface area (Å²) in [6, 6.07) is 13.4. The van der Waals surface area contributed by atoms with Gasteiger partial charge in [-0.15, -0.1) is 0 Å². The number of hydrogen-bond acceptors (Lipinski definition) is 3. The second-order valence-corrected chi connectivity index (χ2v) is 7.32. The number of hydrogen-bond donors (Lipinski definition) is 1. The fourth-order valence-corrected chi connectivity index (χ4v) is 3.68. The van der Waals surface area contributed by atoms with Crippen LogP contribution in [0, 0.1) is 0 Å². The van der Waals surface area contributed by atoms with Gasteiger partial charge in [0, 0.05) is 15.6 Å². The topological polar surface area (TPSA) is 43.2 Å². The third-order valence-electron chi connectivity index (χ3n) is 4.78. The number of halogens is 1. The molecule has 0 spiro atoms. The second kappa shape index (κ2) is 8.56. The first-order valence-corrected chi connectivity index (χ1v) is 9.49. The Kier molecular flexibility index (Phi) is 6.16. The van der Waals surface area contributed by atoms with E-state index >= 15 is 0 Å². The zero-order valence-electron chi connectivity index (χ0n) is 15.1. The lowest BCUT2D eigenvalue weighted by Gasteiger charge is -2.32. The van der Waals surface area contributed by atoms with Crippen LogP contribution in [0.15, 0.2) is 46.9 Å². The molecule has 1 aliphatic heterocycles. The molecule has 1 fully saturated rings. The van der Waals surface area contributed by atoms with Gasteiger partial charge in [0.1, 0.15) is 18.0 Å². The zero-order chi connectivity index (χ0) is 18.5. The van der Waals surface area contributed by atoms with E-state index in [0.29, 0.717) is 5.56 Å². The molecule has 0 aromatic heterocycles. The molecule has 3 rings (SSSR count). The molecule has 2 aromatic rings. The fraction of sp³-hybridized carbons (Fsp3) is 0.350. The molecule has 26 heavy (non-hydrogen) atoms. The van der Waals surface area contributed by atoms with Gasteiger partial charge >= 0.3 is 0 Å². The van der Waals surface area contributed by atoms with Crippen LogP contribution >= 0.6 is 15.9 Å². The van der Waals surface area contributed by atoms with Crippen molar-refractivity contribution in [1.82, 2.24) is 4.90 Å². The minimum Gasteiger partial charge on any atom is -0.497 e. The van der Waals surface area contributed by atoms with E-state index in [4.69, 9.17) is 9.47 Å². The van der Waals surface area contributed by atoms with Crippen molar-refractivity contribution in [3.63, 3.8) is 0 Å². The lowest BCUT2D eigenvalue weighted by molar-refractivity contribution is -0.917. The van der Waals surface area contributed by atoms with E-state index in [-0.39, 0.29) is 5.91 Å². The smallest absolute Gasteiger partial charge is 0.254 e. The molecule has 1 N–H and O–H groups in total. The highest BCUT2D eigenvalue weighted by Gasteiger charge is 2.25. The van der Waals surface area contributed by atoms with Gasteiger partial charge in [0.2, 0.25) is 0 Å². The maximum absolute atomic E-state index is 12.7. The summed E-state index contributed by atoms with van der Waals surface area (Å²) >= 11 is 3.53. The van der Waals surface area contributed by atoms with Crippen LogP contribution in [0.5, 0.6) is 11.5 Å². The quantitative estimate of drug-likeness (QED) is 0.805. The number of nitrogens with zero attached hydrogens (tertiary/aromatic N) is 1. The molecule has 0 saturated carbocycles. The summed E-state index contributed by atoms with van der Waals surface area (Å²) < 4.78 is 11.7. The Balaban J connectivity index is 1.58. The van der Waals surface area contributed by atoms with E-state index in [1.54, 1.807) is 14.2 Å². The van der Waals surface area contributed by atoms with Crippen LogP contribution in [-0.2, 0) is 6.54 Å². The summed E-state index contributed by atoms with van der Waals surface area (Å²) in [5, 5.41) is 0. The van der Waals surface area contributed by atoms with Crippen LogP contribution in [0.25, 0.3) is 0 Å². The standard InChI is InChI=1S/C20H23BrN2O3/c1-25-18-6-3-15(4-7-18)20(24)23-11-9-22(10-12-23)14-16-13-17(21)5-8-19(16)26-2/h3-8,13H,9-12,14H2,1-2H3/p+1. The van der Waals surface area contributed by atoms with Gasteiger partial charge in [-0.05, 0) is 42.5 Å². The van der Waals surface area contributed by atoms with Gasteiger partial charge in [-0.3, -0.25) is 4.79 Å². The summed E-state index contributed by atoms with van der Waals surface area (Å²) in [5.41, 5.74) is 1.90. The molecule has 0 bridgehead atoms. The average Bonchev–Trinajstić information content (AvgIpc) is 2.68. The number of quaternary nitrogens is 1. The maximum Gasteiger partial charge on any atom is 0.254 e. The van der Waals surface area contributed by atoms with Crippen LogP contribution < -0.4 is 14.4 Å². The van der Waals surface area contributed by atoms with Crippen molar-refractivity contribution in [2.75, 3.05) is 40.4 Å². The lowest BCUT2D eigenvalue weighted by atomic mass is 10.1. The van der Waals surface area contributed by atoms with E-state index in [9.17, 15) is 4.79 Å². The molecule has 0 atom stereocenters. The summed E-state index contributed by atoms with van der Waals surface area (Å²) in [6.45, 7) is 4.27. The molecule has 1 amide bonds. The highest BCUT2D eigenvalue weighted by atomic mass is 79.9. The molecule has 5 nitrogen and oxygen atoms in total. The molecule has 138 valence electrons. The minimum atomic E-state index is 0.0896. The molecule has 1 saturated heterocycles. The van der Waals surface area contributed by atoms with Gasteiger partial charge in [0.25, 0.3) is 5.91 Å². The Labute approximate surface area is 162 Å². The second-order valence-electron chi connectivity index (χ2n) is 6.40. The molecule has 1 aliphatic rings. The van der Waals surface area contributed by atoms with Crippen molar-refractivity contribution in [3.05, 3.63) is 58.1 Å². The Morgan fingerprint density at radius 3 is 2.38 bits per heavy atom. The molecule has 0 unspecified atom stereocenters. The number of ether oxygens (including phenoxy) is 2. The van der Waals surface area contributed by atoms with E-state index in [2.05, 4.69) is 22.0 Å². The zero-order valence-corrected chi connectivity index (χ0v) is 16.7. The molecule has 2 aromatic carbocycles. The van der Waals surface area contributed by atoms with Gasteiger partial charge < -0.3 is 19.3 Å². The molecule has 6 heteroatoms. The van der Waals surface area contributed by atoms with Crippen molar-refractivity contribution in [2.24, 2.45) is 0 Å². The number of rotatable bonds is 5. The maximum atomic E-state index is 12.7. The van der Waals surface area contributed by atoms with E-state index in [0.717, 1.165) is 48.7 Å². The number of benzene rings is 2. The molecule has 0 aliphatic carbocycles. The molecule has 1 heterocycles. The average molecular weight is 420 g/mol. The largest absolute Gasteiger partial charge is 0.497 e. The van der Waals surface area contributed by atoms with E-state index < -0.39 is 0 Å². The SMILES string of the molecule is COc1ccc(C(=O)N2CC[NH+](Cc3cc(Br)ccc3OC)CC2)cc1. The minimum absolute atomic E-state index is 0.0896. The Hall–Kier alpha value is -2.05. The van der Waals surface area contributed by atoms with E-state index in [1.165, 1.54) is 10.5 Å². The van der Waals surface area contributed by atoms with Gasteiger partial charge in [-0.2, -0.15) is 0 Å². The van der Waals surface area contributed by atoms with Crippen molar-refractivity contribution in [1.29, 1.82) is 0 Å². The molecular formula is C20H24BrN2O3+. The number of piperazine rings is 1. The monoisotopic (exact) mass is 419 g/mol. The summed E-state index contributed by atoms with van der Waals surface area (Å²) in [6.07, 6.45) is 0. The van der Waals surface area contributed by atoms with Gasteiger partial charge in [-0.25, -0.2) is 0 Å². The first-order chi connectivity index (χ1) is 12.6. The van der Waals surface area contributed by atoms with Crippen LogP contribution in [0.4, 0.5) is 0 Å². The number of nitrogens with one attached hydrogen (secondary N) is 1. The highest BCUT2D eigenvalue weighted by molar-refractivity contribution is 9.10. The molecule has 0 radical (unpaired) electrons. The van der Waals surface area contributed by atoms with Crippen LogP contribution in [0.1, 0.15) is 15.9 Å². The first-order valence-electron chi connectivity index (χ1n) is 8.70. The van der Waals surface area contributed by atoms with Crippen molar-refractivity contribution in [2.45, 2.75) is 6.54 Å². The normalized spacial score (nSPS) is 15.0. The third-order valence-corrected chi connectivity index (χ3v) is 5.27. The Bertz CT molecular complexity index is 756. The Morgan fingerprint density at radius 2 is 1.77 bits per heavy atom. The van der Waals surface area contributed by atoms with Crippen LogP contribution in [0.2, 0.25) is 0 Å². The first kappa shape index (κ1) is 18.7. The highest BCUT2D eigenvalue weighted by Crippen LogP contribution is 2.22. The number of methoxy groups -OCH3 is 2. The van der Waals surface area contributed by atoms with Gasteiger partial charge in [-0.1, -0.05) is 15.9 Å². The predicted octanol–water partition coefficient (Wildman–Crippen LogP) is 2.01. The summed E-state index contributed by atoms with van der Waals surface area (Å²) in [5.74, 6) is 1.77. The van der Waals surface area contributed by atoms with Gasteiger partial charge in [0.15, 0.2) is 0 Å². The fourth-order valence-electron chi connectivity index (χ4n) is 3.27. The molecular weight excluding hydrogens is 396 g/mol. The third kappa shape index (κ3) is 4.37. The lowest BCUT2D eigenvalue weighted by Crippen LogP contribution is -3.13. The summed E-state index contributed by atoms with van der Waals surface area (Å²) in [4.78, 5) is 16.1. The van der Waals surface area contributed by atoms with Gasteiger partial charge in [0.05, 0.1) is 40.4 Å². The Morgan fingerprint density at radius 1 is 1.08 bits per heavy atom. The van der Waals surface area contributed by atoms with Crippen molar-refractivity contribution < 1.29 is 19.2 Å². The predicted molar refractivity (Wildman–Crippen MR) is 104 cm³/mol. The van der Waals surface area contributed by atoms with Crippen LogP contribution in [-0.4, -0.2) is 51.2 Å². The number of amides is 1. The van der Waals surface area contributed by atoms with Crippen LogP contribution in [0.3, 0.4) is 0 Å². The summed E-state index contributed by atoms with van der Waals surface area (Å²) in [7, 11) is 3.33. The number of carbonyl (C=O) groups is 1. The van der Waals surface area contributed by atoms with E-state index in [1.807, 2.05) is 41.3 Å².